The molecule has 25 heavy (non-hydrogen) atoms. The molecule has 2 aliphatic rings. The number of benzene rings is 1. The first kappa shape index (κ1) is 15.4. The Morgan fingerprint density at radius 2 is 1.96 bits per heavy atom. The highest BCUT2D eigenvalue weighted by Crippen LogP contribution is 2.29. The van der Waals surface area contributed by atoms with Crippen molar-refractivity contribution in [3.63, 3.8) is 0 Å². The first-order valence-corrected chi connectivity index (χ1v) is 7.87. The number of carbonyl (C=O) groups excluding carboxylic acids is 1. The maximum absolute atomic E-state index is 12.5. The summed E-state index contributed by atoms with van der Waals surface area (Å²) in [6.07, 6.45) is 0.935. The highest BCUT2D eigenvalue weighted by molar-refractivity contribution is 6.04. The van der Waals surface area contributed by atoms with Crippen molar-refractivity contribution in [2.75, 3.05) is 13.1 Å². The summed E-state index contributed by atoms with van der Waals surface area (Å²) in [5.74, 6) is -1.01. The average Bonchev–Trinajstić information content (AvgIpc) is 3.24. The molecule has 1 aromatic heterocycles. The normalized spacial score (nSPS) is 19.9. The third-order valence-electron chi connectivity index (χ3n) is 4.33. The van der Waals surface area contributed by atoms with Gasteiger partial charge in [0, 0.05) is 19.5 Å². The first-order valence-electron chi connectivity index (χ1n) is 7.87. The van der Waals surface area contributed by atoms with Gasteiger partial charge in [0.2, 0.25) is 12.0 Å². The van der Waals surface area contributed by atoms with Crippen molar-refractivity contribution in [3.05, 3.63) is 53.7 Å². The second kappa shape index (κ2) is 6.04. The lowest BCUT2D eigenvalue weighted by molar-refractivity contribution is -0.147. The summed E-state index contributed by atoms with van der Waals surface area (Å²) in [7, 11) is 0. The molecular formula is C17H15N3O5. The molecule has 1 atom stereocenters. The van der Waals surface area contributed by atoms with Crippen LogP contribution in [-0.2, 0) is 9.63 Å². The molecule has 0 spiro atoms. The minimum absolute atomic E-state index is 0.0898. The van der Waals surface area contributed by atoms with Crippen LogP contribution in [0.4, 0.5) is 0 Å². The van der Waals surface area contributed by atoms with Crippen LogP contribution in [0, 0.1) is 0 Å². The maximum atomic E-state index is 12.5. The zero-order chi connectivity index (χ0) is 17.4. The highest BCUT2D eigenvalue weighted by Gasteiger charge is 2.40. The van der Waals surface area contributed by atoms with E-state index in [0.29, 0.717) is 25.4 Å². The third kappa shape index (κ3) is 2.86. The zero-order valence-corrected chi connectivity index (χ0v) is 13.2. The summed E-state index contributed by atoms with van der Waals surface area (Å²) in [5, 5.41) is 12.9. The van der Waals surface area contributed by atoms with E-state index >= 15 is 0 Å². The molecule has 8 heteroatoms. The number of hydrogen-bond acceptors (Lipinski definition) is 6. The van der Waals surface area contributed by atoms with Gasteiger partial charge in [-0.3, -0.25) is 4.79 Å². The number of nitrogens with zero attached hydrogens (tertiary/aromatic N) is 3. The summed E-state index contributed by atoms with van der Waals surface area (Å²) >= 11 is 0. The molecule has 4 rings (SSSR count). The number of oxime groups is 1. The summed E-state index contributed by atoms with van der Waals surface area (Å²) < 4.78 is 5.17. The number of rotatable bonds is 4. The Morgan fingerprint density at radius 3 is 2.64 bits per heavy atom. The molecule has 1 aromatic carbocycles. The van der Waals surface area contributed by atoms with Crippen LogP contribution in [0.1, 0.15) is 34.3 Å². The van der Waals surface area contributed by atoms with Crippen LogP contribution in [0.15, 0.2) is 46.2 Å². The Balaban J connectivity index is 1.33. The van der Waals surface area contributed by atoms with Gasteiger partial charge in [0.15, 0.2) is 5.69 Å². The van der Waals surface area contributed by atoms with Crippen molar-refractivity contribution in [2.24, 2.45) is 5.16 Å². The van der Waals surface area contributed by atoms with E-state index in [4.69, 9.17) is 14.4 Å². The third-order valence-corrected chi connectivity index (χ3v) is 4.33. The lowest BCUT2D eigenvalue weighted by Gasteiger charge is -2.38. The van der Waals surface area contributed by atoms with Crippen LogP contribution < -0.4 is 0 Å². The Kier molecular flexibility index (Phi) is 3.72. The molecule has 2 aromatic rings. The van der Waals surface area contributed by atoms with Gasteiger partial charge < -0.3 is 19.3 Å². The van der Waals surface area contributed by atoms with Gasteiger partial charge in [-0.25, -0.2) is 9.78 Å². The number of amides is 1. The Morgan fingerprint density at radius 1 is 1.20 bits per heavy atom. The standard InChI is InChI=1S/C17H15N3O5/c21-16(14-6-12(19-25-14)10-4-2-1-3-5-10)20-7-11(8-20)15-18-13(9-24-15)17(22)23/h1-5,9,11,14H,6-8H2,(H,22,23). The van der Waals surface area contributed by atoms with E-state index in [2.05, 4.69) is 10.1 Å². The Hall–Kier alpha value is -3.16. The lowest BCUT2D eigenvalue weighted by Crippen LogP contribution is -2.52. The zero-order valence-electron chi connectivity index (χ0n) is 13.2. The molecule has 1 amide bonds. The van der Waals surface area contributed by atoms with Crippen LogP contribution in [0.3, 0.4) is 0 Å². The number of oxazole rings is 1. The van der Waals surface area contributed by atoms with Gasteiger partial charge in [0.05, 0.1) is 11.6 Å². The van der Waals surface area contributed by atoms with Gasteiger partial charge in [0.25, 0.3) is 5.91 Å². The molecule has 0 aliphatic carbocycles. The van der Waals surface area contributed by atoms with E-state index in [-0.39, 0.29) is 17.5 Å². The van der Waals surface area contributed by atoms with Crippen molar-refractivity contribution in [1.82, 2.24) is 9.88 Å². The predicted octanol–water partition coefficient (Wildman–Crippen LogP) is 1.49. The fourth-order valence-corrected chi connectivity index (χ4v) is 2.90. The Labute approximate surface area is 142 Å². The predicted molar refractivity (Wildman–Crippen MR) is 85.3 cm³/mol. The fraction of sp³-hybridized carbons (Fsp3) is 0.294. The van der Waals surface area contributed by atoms with E-state index in [0.717, 1.165) is 17.5 Å². The summed E-state index contributed by atoms with van der Waals surface area (Å²) in [5.41, 5.74) is 1.58. The molecule has 1 unspecified atom stereocenters. The van der Waals surface area contributed by atoms with Gasteiger partial charge in [0.1, 0.15) is 6.26 Å². The number of carboxylic acids is 1. The molecule has 8 nitrogen and oxygen atoms in total. The summed E-state index contributed by atoms with van der Waals surface area (Å²) in [6, 6.07) is 9.60. The van der Waals surface area contributed by atoms with Crippen molar-refractivity contribution in [3.8, 4) is 0 Å². The molecule has 1 fully saturated rings. The second-order valence-electron chi connectivity index (χ2n) is 6.02. The molecule has 0 bridgehead atoms. The highest BCUT2D eigenvalue weighted by atomic mass is 16.6. The van der Waals surface area contributed by atoms with Crippen LogP contribution >= 0.6 is 0 Å². The fourth-order valence-electron chi connectivity index (χ4n) is 2.90. The van der Waals surface area contributed by atoms with E-state index in [1.54, 1.807) is 4.90 Å². The van der Waals surface area contributed by atoms with E-state index in [9.17, 15) is 9.59 Å². The van der Waals surface area contributed by atoms with Crippen molar-refractivity contribution >= 4 is 17.6 Å². The van der Waals surface area contributed by atoms with E-state index in [1.165, 1.54) is 0 Å². The summed E-state index contributed by atoms with van der Waals surface area (Å²) in [4.78, 5) is 34.2. The van der Waals surface area contributed by atoms with E-state index < -0.39 is 12.1 Å². The SMILES string of the molecule is O=C(O)c1coc(C2CN(C(=O)C3CC(c4ccccc4)=NO3)C2)n1. The minimum Gasteiger partial charge on any atom is -0.476 e. The van der Waals surface area contributed by atoms with Gasteiger partial charge in [-0.05, 0) is 5.56 Å². The van der Waals surface area contributed by atoms with Crippen molar-refractivity contribution < 1.29 is 24.0 Å². The quantitative estimate of drug-likeness (QED) is 0.903. The number of likely N-dealkylation sites (tertiary alicyclic amines) is 1. The number of aromatic carboxylic acids is 1. The van der Waals surface area contributed by atoms with Gasteiger partial charge in [-0.2, -0.15) is 0 Å². The summed E-state index contributed by atoms with van der Waals surface area (Å²) in [6.45, 7) is 0.859. The maximum Gasteiger partial charge on any atom is 0.357 e. The molecule has 128 valence electrons. The number of carbonyl (C=O) groups is 2. The second-order valence-corrected chi connectivity index (χ2v) is 6.02. The molecule has 1 saturated heterocycles. The number of hydrogen-bond donors (Lipinski definition) is 1. The number of aromatic nitrogens is 1. The number of carboxylic acid groups (broad SMARTS) is 1. The monoisotopic (exact) mass is 341 g/mol. The average molecular weight is 341 g/mol. The van der Waals surface area contributed by atoms with Gasteiger partial charge in [-0.15, -0.1) is 0 Å². The largest absolute Gasteiger partial charge is 0.476 e. The molecule has 0 saturated carbocycles. The lowest BCUT2D eigenvalue weighted by atomic mass is 9.98. The van der Waals surface area contributed by atoms with Crippen LogP contribution in [0.5, 0.6) is 0 Å². The Bertz CT molecular complexity index is 839. The molecule has 1 N–H and O–H groups in total. The molecular weight excluding hydrogens is 326 g/mol. The van der Waals surface area contributed by atoms with E-state index in [1.807, 2.05) is 30.3 Å². The first-order chi connectivity index (χ1) is 12.1. The topological polar surface area (TPSA) is 105 Å². The van der Waals surface area contributed by atoms with Gasteiger partial charge >= 0.3 is 5.97 Å². The van der Waals surface area contributed by atoms with Crippen LogP contribution in [0.25, 0.3) is 0 Å². The smallest absolute Gasteiger partial charge is 0.357 e. The minimum atomic E-state index is -1.13. The van der Waals surface area contributed by atoms with Crippen LogP contribution in [0.2, 0.25) is 0 Å². The molecule has 2 aliphatic heterocycles. The van der Waals surface area contributed by atoms with Gasteiger partial charge in [-0.1, -0.05) is 35.5 Å². The molecule has 0 radical (unpaired) electrons. The molecule has 3 heterocycles. The van der Waals surface area contributed by atoms with Crippen molar-refractivity contribution in [1.29, 1.82) is 0 Å². The van der Waals surface area contributed by atoms with Crippen molar-refractivity contribution in [2.45, 2.75) is 18.4 Å². The van der Waals surface area contributed by atoms with Crippen LogP contribution in [-0.4, -0.2) is 51.8 Å².